The number of benzene rings is 8. The summed E-state index contributed by atoms with van der Waals surface area (Å²) in [6.45, 7) is 11.2. The third-order valence-corrected chi connectivity index (χ3v) is 21.7. The summed E-state index contributed by atoms with van der Waals surface area (Å²) < 4.78 is 49.8. The van der Waals surface area contributed by atoms with Gasteiger partial charge in [0.15, 0.2) is 26.4 Å². The number of unbranched alkanes of at least 4 members (excludes halogenated alkanes) is 28. The number of rotatable bonds is 44. The van der Waals surface area contributed by atoms with Gasteiger partial charge < -0.3 is 59.2 Å². The fourth-order valence-corrected chi connectivity index (χ4v) is 14.9. The van der Waals surface area contributed by atoms with Crippen molar-refractivity contribution in [3.63, 3.8) is 0 Å². The first-order chi connectivity index (χ1) is 59.1. The van der Waals surface area contributed by atoms with Crippen LogP contribution in [0.1, 0.15) is 278 Å². The largest absolute Gasteiger partial charge is 0.494 e. The van der Waals surface area contributed by atoms with Crippen molar-refractivity contribution < 1.29 is 57.1 Å². The molecule has 8 bridgehead atoms. The molecule has 0 saturated carbocycles. The van der Waals surface area contributed by atoms with Crippen LogP contribution in [0.3, 0.4) is 0 Å². The van der Waals surface area contributed by atoms with Crippen LogP contribution in [0.4, 0.5) is 0 Å². The monoisotopic (exact) mass is 1630 g/mol. The summed E-state index contributed by atoms with van der Waals surface area (Å²) in [7, 11) is 0. The van der Waals surface area contributed by atoms with Gasteiger partial charge >= 0.3 is 0 Å². The van der Waals surface area contributed by atoms with Crippen molar-refractivity contribution in [3.8, 4) is 46.0 Å². The highest BCUT2D eigenvalue weighted by Gasteiger charge is 2.22. The second-order valence-corrected chi connectivity index (χ2v) is 31.5. The highest BCUT2D eigenvalue weighted by molar-refractivity contribution is 6.06. The minimum absolute atomic E-state index is 0.165. The van der Waals surface area contributed by atoms with Crippen LogP contribution in [0.25, 0.3) is 22.3 Å². The highest BCUT2D eigenvalue weighted by atomic mass is 16.5. The van der Waals surface area contributed by atoms with Gasteiger partial charge in [-0.3, -0.25) is 19.2 Å². The molecule has 7 aliphatic rings. The second kappa shape index (κ2) is 56.1. The van der Waals surface area contributed by atoms with Crippen LogP contribution in [0.5, 0.6) is 46.0 Å². The molecule has 0 atom stereocenters. The van der Waals surface area contributed by atoms with Crippen molar-refractivity contribution in [2.45, 2.75) is 233 Å². The lowest BCUT2D eigenvalue weighted by Gasteiger charge is -2.20. The summed E-state index contributed by atoms with van der Waals surface area (Å²) in [6, 6.07) is 64.0. The molecule has 8 aromatic carbocycles. The molecule has 16 nitrogen and oxygen atoms in total. The molecule has 8 aromatic rings. The molecule has 15 rings (SSSR count). The van der Waals surface area contributed by atoms with E-state index in [0.29, 0.717) is 49.4 Å². The first-order valence-electron chi connectivity index (χ1n) is 45.5. The van der Waals surface area contributed by atoms with E-state index in [-0.39, 0.29) is 76.2 Å². The van der Waals surface area contributed by atoms with E-state index in [1.807, 2.05) is 146 Å². The summed E-state index contributed by atoms with van der Waals surface area (Å²) in [5.74, 6) is 3.76. The quantitative estimate of drug-likeness (QED) is 0.0265. The normalized spacial score (nSPS) is 13.3. The van der Waals surface area contributed by atoms with Crippen molar-refractivity contribution in [1.29, 1.82) is 0 Å². The number of hydrogen-bond donors (Lipinski definition) is 4. The van der Waals surface area contributed by atoms with Crippen LogP contribution < -0.4 is 59.2 Å². The van der Waals surface area contributed by atoms with Crippen molar-refractivity contribution in [3.05, 3.63) is 239 Å². The van der Waals surface area contributed by atoms with Gasteiger partial charge in [-0.1, -0.05) is 305 Å². The summed E-state index contributed by atoms with van der Waals surface area (Å²) in [6.07, 6.45) is 39.0. The molecule has 16 heteroatoms. The van der Waals surface area contributed by atoms with Crippen LogP contribution in [-0.4, -0.2) is 103 Å². The third kappa shape index (κ3) is 34.7. The first-order valence-corrected chi connectivity index (χ1v) is 45.5. The van der Waals surface area contributed by atoms with Gasteiger partial charge in [-0.15, -0.1) is 0 Å². The summed E-state index contributed by atoms with van der Waals surface area (Å²) >= 11 is 0. The van der Waals surface area contributed by atoms with Gasteiger partial charge in [0.2, 0.25) is 0 Å². The maximum absolute atomic E-state index is 13.4. The lowest BCUT2D eigenvalue weighted by molar-refractivity contribution is -0.124. The van der Waals surface area contributed by atoms with E-state index in [0.717, 1.165) is 141 Å². The average Bonchev–Trinajstić information content (AvgIpc) is 0.783. The molecule has 0 unspecified atom stereocenters. The number of nitrogens with one attached hydrogen (secondary N) is 4. The predicted molar refractivity (Wildman–Crippen MR) is 488 cm³/mol. The maximum Gasteiger partial charge on any atom is 0.258 e. The zero-order chi connectivity index (χ0) is 84.1. The van der Waals surface area contributed by atoms with Crippen LogP contribution in [0, 0.1) is 0 Å². The Morgan fingerprint density at radius 1 is 0.233 bits per heavy atom. The minimum Gasteiger partial charge on any atom is -0.494 e. The molecule has 0 aromatic heterocycles. The van der Waals surface area contributed by atoms with Crippen LogP contribution in [0.2, 0.25) is 0 Å². The Bertz CT molecular complexity index is 3710. The maximum atomic E-state index is 13.4. The van der Waals surface area contributed by atoms with Crippen LogP contribution in [-0.2, 0) is 19.2 Å². The van der Waals surface area contributed by atoms with Gasteiger partial charge in [0.1, 0.15) is 46.0 Å². The molecule has 4 N–H and O–H groups in total. The van der Waals surface area contributed by atoms with Crippen LogP contribution >= 0.6 is 0 Å². The number of carbonyl (C=O) groups is 4. The van der Waals surface area contributed by atoms with Crippen molar-refractivity contribution in [2.24, 2.45) is 0 Å². The SMILES string of the molecule is CCCCCCCCCCOc1ccc(C(=C2c3ccc(cc3)OCC(=O)NCCNC(=O)COc3ccc(cc3)C(=C(c3ccc(OCCCCCCCCCC)cc3)c3ccc(OCCCCCCCCCC)cc3)c3ccc(cc3)OCC(=O)NCCNC(=O)COc3ccc2cc3)c2ccc(OCCCCCCCCCC)cc2)cc1. The van der Waals surface area contributed by atoms with Gasteiger partial charge in [0.25, 0.3) is 23.6 Å². The third-order valence-electron chi connectivity index (χ3n) is 21.7. The van der Waals surface area contributed by atoms with E-state index in [2.05, 4.69) is 97.5 Å². The van der Waals surface area contributed by atoms with E-state index in [1.54, 1.807) is 0 Å². The fourth-order valence-electron chi connectivity index (χ4n) is 14.9. The van der Waals surface area contributed by atoms with Crippen molar-refractivity contribution in [2.75, 3.05) is 79.0 Å². The van der Waals surface area contributed by atoms with Gasteiger partial charge in [-0.25, -0.2) is 0 Å². The molecule has 0 saturated heterocycles. The Morgan fingerprint density at radius 2 is 0.408 bits per heavy atom. The second-order valence-electron chi connectivity index (χ2n) is 31.5. The summed E-state index contributed by atoms with van der Waals surface area (Å²) in [5, 5.41) is 11.5. The van der Waals surface area contributed by atoms with E-state index >= 15 is 0 Å². The molecule has 7 heterocycles. The van der Waals surface area contributed by atoms with E-state index in [4.69, 9.17) is 37.9 Å². The van der Waals surface area contributed by atoms with Gasteiger partial charge in [-0.2, -0.15) is 0 Å². The molecule has 0 spiro atoms. The first kappa shape index (κ1) is 93.4. The smallest absolute Gasteiger partial charge is 0.258 e. The predicted octanol–water partition coefficient (Wildman–Crippen LogP) is 23.5. The molecule has 7 aliphatic heterocycles. The van der Waals surface area contributed by atoms with Gasteiger partial charge in [-0.05, 0) is 190 Å². The van der Waals surface area contributed by atoms with E-state index < -0.39 is 0 Å². The van der Waals surface area contributed by atoms with E-state index in [1.165, 1.54) is 154 Å². The molecular formula is C104H136N4O12. The number of amides is 4. The van der Waals surface area contributed by atoms with Crippen molar-refractivity contribution in [1.82, 2.24) is 21.3 Å². The average molecular weight is 1630 g/mol. The number of ether oxygens (including phenoxy) is 8. The lowest BCUT2D eigenvalue weighted by atomic mass is 9.85. The number of hydrogen-bond acceptors (Lipinski definition) is 12. The Hall–Kier alpha value is -10.5. The topological polar surface area (TPSA) is 190 Å². The molecule has 644 valence electrons. The Morgan fingerprint density at radius 3 is 0.592 bits per heavy atom. The summed E-state index contributed by atoms with van der Waals surface area (Å²) in [5.41, 5.74) is 11.0. The standard InChI is InChI=1S/C104H136N4O12/c1-5-9-13-17-21-25-29-33-73-113-89-53-37-81(38-54-89)101(82-39-55-90(56-40-82)114-74-34-30-26-22-18-14-10-6-2)103-85-45-61-93(62-46-85)117-77-97(109)105-69-71-107-99(111)79-119-95-65-49-87(50-66-95)104(88-51-67-96(68-52-88)120-80-100(112)108-72-70-106-98(110)78-118-94-63-47-86(103)48-64-94)102(83-41-57-91(58-42-83)115-75-35-31-27-23-19-15-11-7-3)84-43-59-92(60-44-84)116-76-36-32-28-24-20-16-12-8-4/h37-68H,5-36,69-80H2,1-4H3,(H,105,109)(H,106,110)(H,107,111)(H,108,112). The molecule has 0 aliphatic carbocycles. The molecule has 0 radical (unpaired) electrons. The van der Waals surface area contributed by atoms with Gasteiger partial charge in [0.05, 0.1) is 26.4 Å². The Labute approximate surface area is 717 Å². The zero-order valence-corrected chi connectivity index (χ0v) is 72.5. The van der Waals surface area contributed by atoms with Crippen molar-refractivity contribution >= 4 is 45.9 Å². The summed E-state index contributed by atoms with van der Waals surface area (Å²) in [4.78, 5) is 53.5. The lowest BCUT2D eigenvalue weighted by Crippen LogP contribution is -2.38. The number of carbonyl (C=O) groups excluding carboxylic acids is 4. The minimum atomic E-state index is -0.350. The molecule has 4 amide bonds. The van der Waals surface area contributed by atoms with Crippen LogP contribution in [0.15, 0.2) is 194 Å². The Kier molecular flexibility index (Phi) is 43.7. The van der Waals surface area contributed by atoms with E-state index in [9.17, 15) is 19.2 Å². The Balaban J connectivity index is 0.932. The van der Waals surface area contributed by atoms with Gasteiger partial charge in [0, 0.05) is 26.2 Å². The fraction of sp³-hybridized carbons (Fsp3) is 0.462. The molecular weight excluding hydrogens is 1500 g/mol. The molecule has 0 fully saturated rings. The zero-order valence-electron chi connectivity index (χ0n) is 72.5. The molecule has 120 heavy (non-hydrogen) atoms. The highest BCUT2D eigenvalue weighted by Crippen LogP contribution is 2.42.